The van der Waals surface area contributed by atoms with Crippen LogP contribution in [0.4, 0.5) is 13.2 Å². The van der Waals surface area contributed by atoms with Crippen LogP contribution in [0.1, 0.15) is 30.0 Å². The molecule has 0 saturated carbocycles. The number of hydrogen-bond donors (Lipinski definition) is 1. The Morgan fingerprint density at radius 3 is 2.50 bits per heavy atom. The molecule has 2 atom stereocenters. The molecule has 1 aromatic rings. The first-order valence-corrected chi connectivity index (χ1v) is 8.85. The van der Waals surface area contributed by atoms with Gasteiger partial charge in [-0.2, -0.15) is 13.2 Å². The number of fused-ring (bicyclic) bond motifs is 4. The van der Waals surface area contributed by atoms with Gasteiger partial charge in [0.1, 0.15) is 6.42 Å². The molecule has 28 heavy (non-hydrogen) atoms. The number of pyridine rings is 1. The van der Waals surface area contributed by atoms with Gasteiger partial charge < -0.3 is 19.5 Å². The summed E-state index contributed by atoms with van der Waals surface area (Å²) in [6, 6.07) is 3.68. The Balaban J connectivity index is 0.000000878. The van der Waals surface area contributed by atoms with E-state index in [4.69, 9.17) is 9.90 Å². The molecule has 2 aliphatic rings. The van der Waals surface area contributed by atoms with Gasteiger partial charge in [0.15, 0.2) is 0 Å². The second-order valence-corrected chi connectivity index (χ2v) is 7.43. The number of carbonyl (C=O) groups excluding carboxylic acids is 1. The van der Waals surface area contributed by atoms with Crippen molar-refractivity contribution in [1.29, 1.82) is 0 Å². The third-order valence-electron chi connectivity index (χ3n) is 4.87. The average Bonchev–Trinajstić information content (AvgIpc) is 2.56. The fraction of sp³-hybridized carbons (Fsp3) is 0.611. The summed E-state index contributed by atoms with van der Waals surface area (Å²) in [7, 11) is 3.78. The molecule has 0 spiro atoms. The van der Waals surface area contributed by atoms with Crippen LogP contribution in [0.15, 0.2) is 16.9 Å². The lowest BCUT2D eigenvalue weighted by molar-refractivity contribution is -0.163. The van der Waals surface area contributed by atoms with E-state index in [0.29, 0.717) is 18.7 Å². The van der Waals surface area contributed by atoms with Crippen LogP contribution in [0, 0.1) is 5.92 Å². The molecule has 1 amide bonds. The van der Waals surface area contributed by atoms with Crippen molar-refractivity contribution in [3.05, 3.63) is 33.7 Å². The highest BCUT2D eigenvalue weighted by molar-refractivity contribution is 5.77. The van der Waals surface area contributed by atoms with E-state index in [2.05, 4.69) is 0 Å². The number of rotatable bonds is 3. The van der Waals surface area contributed by atoms with E-state index >= 15 is 0 Å². The maximum atomic E-state index is 12.7. The lowest BCUT2D eigenvalue weighted by atomic mass is 9.83. The molecule has 3 heterocycles. The van der Waals surface area contributed by atoms with Crippen LogP contribution < -0.4 is 5.56 Å². The lowest BCUT2D eigenvalue weighted by Crippen LogP contribution is -2.50. The zero-order valence-electron chi connectivity index (χ0n) is 15.8. The van der Waals surface area contributed by atoms with Gasteiger partial charge in [0.2, 0.25) is 5.91 Å². The van der Waals surface area contributed by atoms with E-state index in [1.54, 1.807) is 10.6 Å². The molecule has 2 aliphatic heterocycles. The van der Waals surface area contributed by atoms with Crippen molar-refractivity contribution in [3.63, 3.8) is 0 Å². The molecule has 1 aromatic heterocycles. The smallest absolute Gasteiger partial charge is 0.397 e. The summed E-state index contributed by atoms with van der Waals surface area (Å²) in [6.07, 6.45) is -5.09. The lowest BCUT2D eigenvalue weighted by Gasteiger charge is -2.43. The number of piperidine rings is 1. The Bertz CT molecular complexity index is 776. The van der Waals surface area contributed by atoms with E-state index in [9.17, 15) is 22.8 Å². The molecule has 3 rings (SSSR count). The minimum atomic E-state index is -4.49. The van der Waals surface area contributed by atoms with Gasteiger partial charge in [0.25, 0.3) is 12.0 Å². The number of amides is 1. The summed E-state index contributed by atoms with van der Waals surface area (Å²) >= 11 is 0. The van der Waals surface area contributed by atoms with Gasteiger partial charge in [-0.1, -0.05) is 6.07 Å². The van der Waals surface area contributed by atoms with E-state index in [0.717, 1.165) is 12.1 Å². The van der Waals surface area contributed by atoms with Gasteiger partial charge in [0, 0.05) is 43.4 Å². The summed E-state index contributed by atoms with van der Waals surface area (Å²) in [4.78, 5) is 36.2. The Morgan fingerprint density at radius 2 is 1.93 bits per heavy atom. The van der Waals surface area contributed by atoms with E-state index in [-0.39, 0.29) is 37.0 Å². The second-order valence-electron chi connectivity index (χ2n) is 7.43. The minimum absolute atomic E-state index is 0.0238. The third-order valence-corrected chi connectivity index (χ3v) is 4.87. The van der Waals surface area contributed by atoms with E-state index in [1.807, 2.05) is 25.1 Å². The normalized spacial score (nSPS) is 20.9. The molecule has 2 bridgehead atoms. The summed E-state index contributed by atoms with van der Waals surface area (Å²) in [5.74, 6) is -0.927. The number of hydrogen-bond acceptors (Lipinski definition) is 4. The molecule has 10 heteroatoms. The first-order chi connectivity index (χ1) is 13.1. The Morgan fingerprint density at radius 1 is 1.29 bits per heavy atom. The number of alkyl halides is 3. The molecule has 0 radical (unpaired) electrons. The summed E-state index contributed by atoms with van der Waals surface area (Å²) < 4.78 is 39.2. The van der Waals surface area contributed by atoms with Crippen LogP contribution in [0.5, 0.6) is 0 Å². The molecular formula is C18H24F3N3O4. The molecule has 156 valence electrons. The van der Waals surface area contributed by atoms with Crippen molar-refractivity contribution in [2.75, 3.05) is 27.2 Å². The maximum Gasteiger partial charge on any atom is 0.397 e. The number of halogens is 3. The Labute approximate surface area is 160 Å². The van der Waals surface area contributed by atoms with E-state index in [1.165, 1.54) is 4.90 Å². The molecule has 7 nitrogen and oxygen atoms in total. The first kappa shape index (κ1) is 21.9. The van der Waals surface area contributed by atoms with Crippen molar-refractivity contribution in [2.24, 2.45) is 5.92 Å². The fourth-order valence-corrected chi connectivity index (χ4v) is 3.94. The number of carbonyl (C=O) groups is 2. The van der Waals surface area contributed by atoms with Crippen molar-refractivity contribution < 1.29 is 27.9 Å². The average molecular weight is 403 g/mol. The zero-order valence-corrected chi connectivity index (χ0v) is 15.8. The maximum absolute atomic E-state index is 12.7. The van der Waals surface area contributed by atoms with E-state index < -0.39 is 18.5 Å². The van der Waals surface area contributed by atoms with Crippen molar-refractivity contribution in [1.82, 2.24) is 14.4 Å². The number of aromatic nitrogens is 1. The summed E-state index contributed by atoms with van der Waals surface area (Å²) in [5, 5.41) is 6.89. The largest absolute Gasteiger partial charge is 0.483 e. The van der Waals surface area contributed by atoms with Gasteiger partial charge in [-0.25, -0.2) is 0 Å². The predicted octanol–water partition coefficient (Wildman–Crippen LogP) is 1.51. The van der Waals surface area contributed by atoms with Crippen LogP contribution in [0.2, 0.25) is 0 Å². The molecule has 0 aliphatic carbocycles. The number of carboxylic acid groups (broad SMARTS) is 1. The zero-order chi connectivity index (χ0) is 21.1. The highest BCUT2D eigenvalue weighted by Crippen LogP contribution is 2.36. The molecule has 0 unspecified atom stereocenters. The Kier molecular flexibility index (Phi) is 6.87. The predicted molar refractivity (Wildman–Crippen MR) is 94.9 cm³/mol. The van der Waals surface area contributed by atoms with Gasteiger partial charge in [0.05, 0.1) is 0 Å². The number of nitrogens with zero attached hydrogens (tertiary/aromatic N) is 3. The van der Waals surface area contributed by atoms with Gasteiger partial charge in [-0.15, -0.1) is 0 Å². The van der Waals surface area contributed by atoms with Crippen molar-refractivity contribution in [3.8, 4) is 0 Å². The van der Waals surface area contributed by atoms with Crippen molar-refractivity contribution in [2.45, 2.75) is 38.0 Å². The number of likely N-dealkylation sites (tertiary alicyclic amines) is 1. The highest BCUT2D eigenvalue weighted by atomic mass is 19.4. The van der Waals surface area contributed by atoms with Crippen LogP contribution >= 0.6 is 0 Å². The van der Waals surface area contributed by atoms with Crippen molar-refractivity contribution >= 4 is 12.4 Å². The molecule has 1 fully saturated rings. The fourth-order valence-electron chi connectivity index (χ4n) is 3.94. The third kappa shape index (κ3) is 5.34. The molecule has 1 saturated heterocycles. The van der Waals surface area contributed by atoms with Gasteiger partial charge in [-0.3, -0.25) is 14.4 Å². The first-order valence-electron chi connectivity index (χ1n) is 8.85. The van der Waals surface area contributed by atoms with Crippen LogP contribution in [0.25, 0.3) is 0 Å². The van der Waals surface area contributed by atoms with Crippen LogP contribution in [-0.4, -0.2) is 65.2 Å². The van der Waals surface area contributed by atoms with Gasteiger partial charge >= 0.3 is 6.18 Å². The second kappa shape index (κ2) is 8.76. The summed E-state index contributed by atoms with van der Waals surface area (Å²) in [5.41, 5.74) is 1.50. The SMILES string of the molecule is CN(C)Cc1ccc2n(c1=O)C[C@H]1C[C@@H]2CN(C(=O)CC(F)(F)F)C1.O=CO. The molecule has 1 N–H and O–H groups in total. The quantitative estimate of drug-likeness (QED) is 0.774. The minimum Gasteiger partial charge on any atom is -0.483 e. The standard InChI is InChI=1S/C17H22F3N3O2.CH2O2/c1-21(2)9-12-3-4-14-13-5-11(8-23(14)16(12)25)7-22(10-13)15(24)6-17(18,19)20;2-1-3/h3-4,11,13H,5-10H2,1-2H3;1H,(H,2,3)/t11-,13+;/m0./s1. The molecular weight excluding hydrogens is 379 g/mol. The highest BCUT2D eigenvalue weighted by Gasteiger charge is 2.40. The molecule has 0 aromatic carbocycles. The summed E-state index contributed by atoms with van der Waals surface area (Å²) in [6.45, 7) is 1.29. The van der Waals surface area contributed by atoms with Gasteiger partial charge in [-0.05, 0) is 32.5 Å². The topological polar surface area (TPSA) is 82.9 Å². The van der Waals surface area contributed by atoms with Crippen LogP contribution in [0.3, 0.4) is 0 Å². The Hall–Kier alpha value is -2.36. The monoisotopic (exact) mass is 403 g/mol. The van der Waals surface area contributed by atoms with Crippen LogP contribution in [-0.2, 0) is 22.7 Å².